The van der Waals surface area contributed by atoms with E-state index in [4.69, 9.17) is 5.73 Å². The van der Waals surface area contributed by atoms with E-state index in [1.807, 2.05) is 6.07 Å². The Balaban J connectivity index is 1.69. The number of hydrogen-bond donors (Lipinski definition) is 1. The summed E-state index contributed by atoms with van der Waals surface area (Å²) in [6.45, 7) is 9.79. The number of nitrogens with two attached hydrogens (primary N) is 1. The second kappa shape index (κ2) is 5.19. The molecule has 0 saturated heterocycles. The van der Waals surface area contributed by atoms with Crippen molar-refractivity contribution in [3.63, 3.8) is 0 Å². The monoisotopic (exact) mass is 280 g/mol. The first-order chi connectivity index (χ1) is 9.91. The van der Waals surface area contributed by atoms with Crippen molar-refractivity contribution in [2.75, 3.05) is 5.73 Å². The minimum Gasteiger partial charge on any atom is -0.399 e. The van der Waals surface area contributed by atoms with Gasteiger partial charge in [-0.1, -0.05) is 51.1 Å². The van der Waals surface area contributed by atoms with Crippen LogP contribution in [0, 0.1) is 0 Å². The van der Waals surface area contributed by atoms with Crippen LogP contribution in [0.25, 0.3) is 0 Å². The van der Waals surface area contributed by atoms with E-state index in [0.29, 0.717) is 0 Å². The fraction of sp³-hybridized carbons (Fsp3) is 0.368. The van der Waals surface area contributed by atoms with Crippen LogP contribution in [0.2, 0.25) is 0 Å². The summed E-state index contributed by atoms with van der Waals surface area (Å²) in [5, 5.41) is 0. The summed E-state index contributed by atoms with van der Waals surface area (Å²) >= 11 is 0. The number of hydrogen-bond acceptors (Lipinski definition) is 2. The molecular formula is C19H24N2. The SMILES string of the molecule is CC(C)(C)c1ccc(CN2Cc3ccc(N)cc3C2)cc1. The Morgan fingerprint density at radius 2 is 1.62 bits per heavy atom. The number of rotatable bonds is 2. The maximum absolute atomic E-state index is 5.87. The average Bonchev–Trinajstić information content (AvgIpc) is 2.79. The van der Waals surface area contributed by atoms with Crippen molar-refractivity contribution in [1.82, 2.24) is 4.90 Å². The molecule has 0 fully saturated rings. The minimum absolute atomic E-state index is 0.222. The van der Waals surface area contributed by atoms with Gasteiger partial charge in [-0.25, -0.2) is 0 Å². The molecule has 2 heteroatoms. The third kappa shape index (κ3) is 3.11. The Morgan fingerprint density at radius 1 is 0.952 bits per heavy atom. The Hall–Kier alpha value is -1.80. The highest BCUT2D eigenvalue weighted by Gasteiger charge is 2.19. The molecule has 0 spiro atoms. The van der Waals surface area contributed by atoms with Gasteiger partial charge in [0, 0.05) is 25.3 Å². The molecule has 2 aromatic carbocycles. The molecule has 1 heterocycles. The quantitative estimate of drug-likeness (QED) is 0.840. The van der Waals surface area contributed by atoms with Gasteiger partial charge in [-0.05, 0) is 39.8 Å². The lowest BCUT2D eigenvalue weighted by Crippen LogP contribution is -2.16. The van der Waals surface area contributed by atoms with E-state index in [2.05, 4.69) is 62.1 Å². The highest BCUT2D eigenvalue weighted by atomic mass is 15.1. The molecule has 0 saturated carbocycles. The molecule has 1 aliphatic heterocycles. The molecule has 2 aromatic rings. The van der Waals surface area contributed by atoms with Gasteiger partial charge in [0.2, 0.25) is 0 Å². The zero-order chi connectivity index (χ0) is 15.0. The predicted octanol–water partition coefficient (Wildman–Crippen LogP) is 4.08. The Bertz CT molecular complexity index is 636. The molecule has 0 aliphatic carbocycles. The second-order valence-corrected chi connectivity index (χ2v) is 7.12. The smallest absolute Gasteiger partial charge is 0.0317 e. The molecule has 0 radical (unpaired) electrons. The van der Waals surface area contributed by atoms with E-state index in [1.54, 1.807) is 0 Å². The molecule has 0 atom stereocenters. The molecule has 0 amide bonds. The highest BCUT2D eigenvalue weighted by Crippen LogP contribution is 2.27. The standard InChI is InChI=1S/C19H24N2/c1-19(2,3)17-7-4-14(5-8-17)11-21-12-15-6-9-18(20)10-16(15)13-21/h4-10H,11-13,20H2,1-3H3. The van der Waals surface area contributed by atoms with E-state index in [1.165, 1.54) is 22.3 Å². The van der Waals surface area contributed by atoms with Crippen LogP contribution in [0.5, 0.6) is 0 Å². The lowest BCUT2D eigenvalue weighted by molar-refractivity contribution is 0.275. The molecule has 3 rings (SSSR count). The van der Waals surface area contributed by atoms with Gasteiger partial charge in [0.15, 0.2) is 0 Å². The number of fused-ring (bicyclic) bond motifs is 1. The van der Waals surface area contributed by atoms with E-state index in [-0.39, 0.29) is 5.41 Å². The van der Waals surface area contributed by atoms with Crippen molar-refractivity contribution in [2.45, 2.75) is 45.8 Å². The van der Waals surface area contributed by atoms with Crippen molar-refractivity contribution in [1.29, 1.82) is 0 Å². The molecule has 110 valence electrons. The lowest BCUT2D eigenvalue weighted by Gasteiger charge is -2.20. The molecule has 21 heavy (non-hydrogen) atoms. The van der Waals surface area contributed by atoms with Crippen LogP contribution in [-0.4, -0.2) is 4.90 Å². The fourth-order valence-electron chi connectivity index (χ4n) is 2.97. The highest BCUT2D eigenvalue weighted by molar-refractivity contribution is 5.46. The van der Waals surface area contributed by atoms with E-state index in [0.717, 1.165) is 25.3 Å². The van der Waals surface area contributed by atoms with E-state index >= 15 is 0 Å². The van der Waals surface area contributed by atoms with Crippen LogP contribution in [-0.2, 0) is 25.0 Å². The van der Waals surface area contributed by atoms with Crippen LogP contribution in [0.15, 0.2) is 42.5 Å². The summed E-state index contributed by atoms with van der Waals surface area (Å²) in [7, 11) is 0. The first-order valence-electron chi connectivity index (χ1n) is 7.61. The van der Waals surface area contributed by atoms with Crippen LogP contribution in [0.3, 0.4) is 0 Å². The molecule has 2 nitrogen and oxygen atoms in total. The van der Waals surface area contributed by atoms with Gasteiger partial charge < -0.3 is 5.73 Å². The van der Waals surface area contributed by atoms with Gasteiger partial charge >= 0.3 is 0 Å². The van der Waals surface area contributed by atoms with Crippen LogP contribution < -0.4 is 5.73 Å². The van der Waals surface area contributed by atoms with Gasteiger partial charge in [-0.2, -0.15) is 0 Å². The van der Waals surface area contributed by atoms with Crippen molar-refractivity contribution in [2.24, 2.45) is 0 Å². The van der Waals surface area contributed by atoms with Gasteiger partial charge in [0.05, 0.1) is 0 Å². The Morgan fingerprint density at radius 3 is 2.29 bits per heavy atom. The number of nitrogens with zero attached hydrogens (tertiary/aromatic N) is 1. The van der Waals surface area contributed by atoms with Gasteiger partial charge in [0.25, 0.3) is 0 Å². The zero-order valence-electron chi connectivity index (χ0n) is 13.2. The molecule has 0 bridgehead atoms. The van der Waals surface area contributed by atoms with Gasteiger partial charge in [-0.3, -0.25) is 4.90 Å². The minimum atomic E-state index is 0.222. The third-order valence-electron chi connectivity index (χ3n) is 4.24. The summed E-state index contributed by atoms with van der Waals surface area (Å²) in [6, 6.07) is 15.3. The van der Waals surface area contributed by atoms with E-state index < -0.39 is 0 Å². The first kappa shape index (κ1) is 14.2. The maximum Gasteiger partial charge on any atom is 0.0317 e. The maximum atomic E-state index is 5.87. The van der Waals surface area contributed by atoms with Crippen LogP contribution in [0.1, 0.15) is 43.0 Å². The van der Waals surface area contributed by atoms with Gasteiger partial charge in [0.1, 0.15) is 0 Å². The second-order valence-electron chi connectivity index (χ2n) is 7.12. The van der Waals surface area contributed by atoms with Crippen molar-refractivity contribution in [3.05, 3.63) is 64.7 Å². The summed E-state index contributed by atoms with van der Waals surface area (Å²) < 4.78 is 0. The Labute approximate surface area is 127 Å². The van der Waals surface area contributed by atoms with Crippen LogP contribution in [0.4, 0.5) is 5.69 Å². The molecule has 2 N–H and O–H groups in total. The zero-order valence-corrected chi connectivity index (χ0v) is 13.2. The van der Waals surface area contributed by atoms with Crippen molar-refractivity contribution < 1.29 is 0 Å². The molecular weight excluding hydrogens is 256 g/mol. The summed E-state index contributed by atoms with van der Waals surface area (Å²) in [5.74, 6) is 0. The van der Waals surface area contributed by atoms with Gasteiger partial charge in [-0.15, -0.1) is 0 Å². The number of anilines is 1. The van der Waals surface area contributed by atoms with Crippen molar-refractivity contribution >= 4 is 5.69 Å². The molecule has 0 unspecified atom stereocenters. The Kier molecular flexibility index (Phi) is 3.50. The fourth-order valence-corrected chi connectivity index (χ4v) is 2.97. The number of benzene rings is 2. The number of nitrogen functional groups attached to an aromatic ring is 1. The summed E-state index contributed by atoms with van der Waals surface area (Å²) in [4.78, 5) is 2.47. The van der Waals surface area contributed by atoms with Crippen molar-refractivity contribution in [3.8, 4) is 0 Å². The molecule has 1 aliphatic rings. The third-order valence-corrected chi connectivity index (χ3v) is 4.24. The topological polar surface area (TPSA) is 29.3 Å². The predicted molar refractivity (Wildman–Crippen MR) is 88.9 cm³/mol. The normalized spacial score (nSPS) is 15.2. The molecule has 0 aromatic heterocycles. The van der Waals surface area contributed by atoms with Crippen LogP contribution >= 0.6 is 0 Å². The average molecular weight is 280 g/mol. The summed E-state index contributed by atoms with van der Waals surface area (Å²) in [5.41, 5.74) is 12.5. The van der Waals surface area contributed by atoms with E-state index in [9.17, 15) is 0 Å². The lowest BCUT2D eigenvalue weighted by atomic mass is 9.87. The largest absolute Gasteiger partial charge is 0.399 e. The first-order valence-corrected chi connectivity index (χ1v) is 7.61. The summed E-state index contributed by atoms with van der Waals surface area (Å²) in [6.07, 6.45) is 0.